The van der Waals surface area contributed by atoms with Gasteiger partial charge >= 0.3 is 0 Å². The normalized spacial score (nSPS) is 10.8. The van der Waals surface area contributed by atoms with Crippen LogP contribution in [-0.2, 0) is 27.3 Å². The predicted octanol–water partition coefficient (Wildman–Crippen LogP) is 2.02. The van der Waals surface area contributed by atoms with Crippen LogP contribution in [0.15, 0.2) is 60.8 Å². The topological polar surface area (TPSA) is 146 Å². The summed E-state index contributed by atoms with van der Waals surface area (Å²) in [5.74, 6) is -0.768. The number of pyridine rings is 1. The number of anilines is 1. The van der Waals surface area contributed by atoms with E-state index >= 15 is 0 Å². The lowest BCUT2D eigenvalue weighted by atomic mass is 10.0. The van der Waals surface area contributed by atoms with Crippen molar-refractivity contribution in [2.45, 2.75) is 26.8 Å². The summed E-state index contributed by atoms with van der Waals surface area (Å²) in [4.78, 5) is 42.1. The lowest BCUT2D eigenvalue weighted by molar-refractivity contribution is -0.120. The molecular weight excluding hydrogens is 558 g/mol. The van der Waals surface area contributed by atoms with Gasteiger partial charge in [0.15, 0.2) is 5.69 Å². The molecule has 0 saturated heterocycles. The maximum atomic E-state index is 13.1. The standard InChI is InChI=1S/C33H45N7O4/c1-4-25-8-6-10-27(18-25)28-19-29(40-31(42)23-36-20-26-9-5-7-24(2)17-26)32(39-21-28)33(43)38-14-16-44-15-13-35-22-30(41)37-12-11-34-3/h5-10,17-19,21,34-36H,4,11-16,20,22-23H2,1-3H3,(H,37,41)(H,38,43)(H,40,42). The van der Waals surface area contributed by atoms with E-state index < -0.39 is 5.91 Å². The van der Waals surface area contributed by atoms with Crippen molar-refractivity contribution in [2.75, 3.05) is 64.8 Å². The van der Waals surface area contributed by atoms with Gasteiger partial charge in [0.25, 0.3) is 5.91 Å². The van der Waals surface area contributed by atoms with E-state index in [9.17, 15) is 14.4 Å². The number of carbonyl (C=O) groups is 3. The van der Waals surface area contributed by atoms with Crippen LogP contribution in [0.1, 0.15) is 34.1 Å². The van der Waals surface area contributed by atoms with Crippen LogP contribution in [-0.4, -0.2) is 82.2 Å². The van der Waals surface area contributed by atoms with E-state index in [-0.39, 0.29) is 43.7 Å². The van der Waals surface area contributed by atoms with E-state index in [0.29, 0.717) is 38.5 Å². The summed E-state index contributed by atoms with van der Waals surface area (Å²) in [6.45, 7) is 7.68. The van der Waals surface area contributed by atoms with Gasteiger partial charge in [-0.2, -0.15) is 0 Å². The Balaban J connectivity index is 1.54. The molecule has 0 aliphatic rings. The molecule has 2 aromatic carbocycles. The zero-order valence-electron chi connectivity index (χ0n) is 25.9. The Morgan fingerprint density at radius 2 is 1.57 bits per heavy atom. The SMILES string of the molecule is CCc1cccc(-c2cnc(C(=O)NCCOCCNCC(=O)NCCNC)c(NC(=O)CNCc3cccc(C)c3)c2)c1. The number of nitrogens with zero attached hydrogens (tertiary/aromatic N) is 1. The third-order valence-corrected chi connectivity index (χ3v) is 6.68. The van der Waals surface area contributed by atoms with Crippen molar-refractivity contribution >= 4 is 23.4 Å². The lowest BCUT2D eigenvalue weighted by Crippen LogP contribution is -2.38. The fraction of sp³-hybridized carbons (Fsp3) is 0.394. The minimum Gasteiger partial charge on any atom is -0.378 e. The Kier molecular flexibility index (Phi) is 15.0. The van der Waals surface area contributed by atoms with E-state index in [2.05, 4.69) is 62.0 Å². The maximum Gasteiger partial charge on any atom is 0.272 e. The molecule has 0 unspecified atom stereocenters. The molecule has 0 atom stereocenters. The highest BCUT2D eigenvalue weighted by atomic mass is 16.5. The van der Waals surface area contributed by atoms with Crippen LogP contribution in [0, 0.1) is 6.92 Å². The van der Waals surface area contributed by atoms with Crippen LogP contribution >= 0.6 is 0 Å². The minimum atomic E-state index is -0.415. The molecule has 3 rings (SSSR count). The molecule has 1 heterocycles. The van der Waals surface area contributed by atoms with Crippen molar-refractivity contribution in [2.24, 2.45) is 0 Å². The number of hydrogen-bond donors (Lipinski definition) is 6. The number of rotatable bonds is 19. The highest BCUT2D eigenvalue weighted by Crippen LogP contribution is 2.25. The van der Waals surface area contributed by atoms with E-state index in [1.165, 1.54) is 5.56 Å². The number of amides is 3. The summed E-state index contributed by atoms with van der Waals surface area (Å²) in [6.07, 6.45) is 2.54. The highest BCUT2D eigenvalue weighted by Gasteiger charge is 2.17. The molecule has 3 amide bonds. The lowest BCUT2D eigenvalue weighted by Gasteiger charge is -2.14. The molecular formula is C33H45N7O4. The molecule has 0 spiro atoms. The van der Waals surface area contributed by atoms with Crippen molar-refractivity contribution in [3.8, 4) is 11.1 Å². The molecule has 0 aliphatic carbocycles. The summed E-state index contributed by atoms with van der Waals surface area (Å²) in [5.41, 5.74) is 5.63. The number of aryl methyl sites for hydroxylation is 2. The van der Waals surface area contributed by atoms with Crippen LogP contribution < -0.4 is 31.9 Å². The molecule has 44 heavy (non-hydrogen) atoms. The largest absolute Gasteiger partial charge is 0.378 e. The predicted molar refractivity (Wildman–Crippen MR) is 174 cm³/mol. The second kappa shape index (κ2) is 19.2. The first-order chi connectivity index (χ1) is 21.4. The van der Waals surface area contributed by atoms with E-state index in [1.54, 1.807) is 12.3 Å². The van der Waals surface area contributed by atoms with Crippen molar-refractivity contribution in [3.05, 3.63) is 83.2 Å². The Labute approximate surface area is 260 Å². The molecule has 6 N–H and O–H groups in total. The molecule has 0 bridgehead atoms. The van der Waals surface area contributed by atoms with Gasteiger partial charge in [0.2, 0.25) is 11.8 Å². The number of ether oxygens (including phenoxy) is 1. The number of aromatic nitrogens is 1. The van der Waals surface area contributed by atoms with Gasteiger partial charge in [-0.3, -0.25) is 14.4 Å². The van der Waals surface area contributed by atoms with E-state index in [1.807, 2.05) is 44.3 Å². The summed E-state index contributed by atoms with van der Waals surface area (Å²) < 4.78 is 5.56. The zero-order valence-corrected chi connectivity index (χ0v) is 25.9. The second-order valence-corrected chi connectivity index (χ2v) is 10.3. The minimum absolute atomic E-state index is 0.0734. The third kappa shape index (κ3) is 12.2. The quantitative estimate of drug-likeness (QED) is 0.114. The average molecular weight is 604 g/mol. The zero-order chi connectivity index (χ0) is 31.6. The third-order valence-electron chi connectivity index (χ3n) is 6.68. The van der Waals surface area contributed by atoms with Crippen LogP contribution in [0.4, 0.5) is 5.69 Å². The van der Waals surface area contributed by atoms with Gasteiger partial charge in [-0.25, -0.2) is 4.98 Å². The summed E-state index contributed by atoms with van der Waals surface area (Å²) >= 11 is 0. The molecule has 0 fully saturated rings. The Morgan fingerprint density at radius 1 is 0.795 bits per heavy atom. The monoisotopic (exact) mass is 603 g/mol. The Bertz CT molecular complexity index is 1370. The van der Waals surface area contributed by atoms with Gasteiger partial charge in [0.05, 0.1) is 32.0 Å². The molecule has 236 valence electrons. The van der Waals surface area contributed by atoms with E-state index in [4.69, 9.17) is 4.74 Å². The van der Waals surface area contributed by atoms with Gasteiger partial charge in [0, 0.05) is 44.5 Å². The molecule has 11 heteroatoms. The molecule has 0 aliphatic heterocycles. The fourth-order valence-electron chi connectivity index (χ4n) is 4.36. The smallest absolute Gasteiger partial charge is 0.272 e. The van der Waals surface area contributed by atoms with E-state index in [0.717, 1.165) is 28.7 Å². The van der Waals surface area contributed by atoms with Gasteiger partial charge in [-0.15, -0.1) is 0 Å². The van der Waals surface area contributed by atoms with Gasteiger partial charge in [0.1, 0.15) is 0 Å². The van der Waals surface area contributed by atoms with Crippen LogP contribution in [0.2, 0.25) is 0 Å². The summed E-state index contributed by atoms with van der Waals surface area (Å²) in [6, 6.07) is 18.0. The van der Waals surface area contributed by atoms with Crippen molar-refractivity contribution in [1.29, 1.82) is 0 Å². The first kappa shape index (κ1) is 34.3. The fourth-order valence-corrected chi connectivity index (χ4v) is 4.36. The van der Waals surface area contributed by atoms with Crippen LogP contribution in [0.25, 0.3) is 11.1 Å². The Morgan fingerprint density at radius 3 is 2.36 bits per heavy atom. The number of benzene rings is 2. The van der Waals surface area contributed by atoms with Crippen molar-refractivity contribution in [3.63, 3.8) is 0 Å². The maximum absolute atomic E-state index is 13.1. The Hall–Kier alpha value is -4.16. The number of nitrogens with one attached hydrogen (secondary N) is 6. The summed E-state index contributed by atoms with van der Waals surface area (Å²) in [7, 11) is 1.83. The van der Waals surface area contributed by atoms with Gasteiger partial charge in [-0.05, 0) is 43.1 Å². The molecule has 1 aromatic heterocycles. The van der Waals surface area contributed by atoms with Crippen molar-refractivity contribution < 1.29 is 19.1 Å². The van der Waals surface area contributed by atoms with Crippen molar-refractivity contribution in [1.82, 2.24) is 31.6 Å². The van der Waals surface area contributed by atoms with Gasteiger partial charge in [-0.1, -0.05) is 61.0 Å². The summed E-state index contributed by atoms with van der Waals surface area (Å²) in [5, 5.41) is 17.6. The average Bonchev–Trinajstić information content (AvgIpc) is 3.02. The molecule has 0 saturated carbocycles. The first-order valence-corrected chi connectivity index (χ1v) is 15.0. The number of likely N-dealkylation sites (N-methyl/N-ethyl adjacent to an activating group) is 1. The molecule has 11 nitrogen and oxygen atoms in total. The first-order valence-electron chi connectivity index (χ1n) is 15.0. The number of hydrogen-bond acceptors (Lipinski definition) is 8. The number of carbonyl (C=O) groups excluding carboxylic acids is 3. The molecule has 3 aromatic rings. The van der Waals surface area contributed by atoms with Crippen LogP contribution in [0.3, 0.4) is 0 Å². The highest BCUT2D eigenvalue weighted by molar-refractivity contribution is 6.03. The molecule has 0 radical (unpaired) electrons. The second-order valence-electron chi connectivity index (χ2n) is 10.3. The van der Waals surface area contributed by atoms with Gasteiger partial charge < -0.3 is 36.6 Å². The van der Waals surface area contributed by atoms with Crippen LogP contribution in [0.5, 0.6) is 0 Å².